The van der Waals surface area contributed by atoms with Crippen molar-refractivity contribution in [2.75, 3.05) is 19.6 Å². The van der Waals surface area contributed by atoms with Gasteiger partial charge in [-0.05, 0) is 12.8 Å². The topological polar surface area (TPSA) is 113 Å². The minimum atomic E-state index is -1.14. The fourth-order valence-corrected chi connectivity index (χ4v) is 1.65. The Morgan fingerprint density at radius 2 is 1.88 bits per heavy atom. The Balaban J connectivity index is 2.27. The van der Waals surface area contributed by atoms with Gasteiger partial charge in [0.1, 0.15) is 0 Å². The van der Waals surface area contributed by atoms with Gasteiger partial charge in [-0.15, -0.1) is 0 Å². The molecule has 1 heterocycles. The van der Waals surface area contributed by atoms with E-state index in [0.29, 0.717) is 0 Å². The molecule has 0 aliphatic carbocycles. The SMILES string of the molecule is NC(CC(=O)O)C(=O)NCC(=O)N1CCCC1. The van der Waals surface area contributed by atoms with Crippen molar-refractivity contribution in [1.82, 2.24) is 10.2 Å². The number of aliphatic carboxylic acids is 1. The molecule has 1 unspecified atom stereocenters. The minimum absolute atomic E-state index is 0.119. The van der Waals surface area contributed by atoms with Crippen molar-refractivity contribution in [3.8, 4) is 0 Å². The van der Waals surface area contributed by atoms with Crippen LogP contribution in [0.25, 0.3) is 0 Å². The van der Waals surface area contributed by atoms with Crippen molar-refractivity contribution in [1.29, 1.82) is 0 Å². The lowest BCUT2D eigenvalue weighted by atomic mass is 10.2. The van der Waals surface area contributed by atoms with Gasteiger partial charge in [0.05, 0.1) is 19.0 Å². The second-order valence-electron chi connectivity index (χ2n) is 4.01. The molecule has 0 radical (unpaired) electrons. The second kappa shape index (κ2) is 6.19. The number of carbonyl (C=O) groups excluding carboxylic acids is 2. The maximum atomic E-state index is 11.5. The van der Waals surface area contributed by atoms with E-state index in [0.717, 1.165) is 25.9 Å². The standard InChI is InChI=1S/C10H17N3O4/c11-7(5-9(15)16)10(17)12-6-8(14)13-3-1-2-4-13/h7H,1-6,11H2,(H,12,17)(H,15,16). The van der Waals surface area contributed by atoms with Gasteiger partial charge in [-0.25, -0.2) is 0 Å². The maximum absolute atomic E-state index is 11.5. The van der Waals surface area contributed by atoms with E-state index in [1.165, 1.54) is 0 Å². The Bertz CT molecular complexity index is 313. The molecule has 4 N–H and O–H groups in total. The van der Waals surface area contributed by atoms with Crippen LogP contribution in [-0.4, -0.2) is 53.5 Å². The molecule has 7 heteroatoms. The van der Waals surface area contributed by atoms with Gasteiger partial charge in [-0.3, -0.25) is 14.4 Å². The molecule has 7 nitrogen and oxygen atoms in total. The first-order valence-corrected chi connectivity index (χ1v) is 5.53. The quantitative estimate of drug-likeness (QED) is 0.545. The number of nitrogens with two attached hydrogens (primary N) is 1. The Labute approximate surface area is 98.9 Å². The van der Waals surface area contributed by atoms with E-state index in [4.69, 9.17) is 10.8 Å². The lowest BCUT2D eigenvalue weighted by Gasteiger charge is -2.16. The summed E-state index contributed by atoms with van der Waals surface area (Å²) >= 11 is 0. The summed E-state index contributed by atoms with van der Waals surface area (Å²) in [6.45, 7) is 1.32. The number of nitrogens with zero attached hydrogens (tertiary/aromatic N) is 1. The van der Waals surface area contributed by atoms with Gasteiger partial charge < -0.3 is 21.1 Å². The highest BCUT2D eigenvalue weighted by atomic mass is 16.4. The van der Waals surface area contributed by atoms with Gasteiger partial charge in [-0.1, -0.05) is 0 Å². The average Bonchev–Trinajstić information content (AvgIpc) is 2.77. The van der Waals surface area contributed by atoms with E-state index in [1.807, 2.05) is 0 Å². The Morgan fingerprint density at radius 3 is 2.41 bits per heavy atom. The van der Waals surface area contributed by atoms with Crippen molar-refractivity contribution in [3.63, 3.8) is 0 Å². The molecule has 1 aliphatic rings. The molecule has 2 amide bonds. The summed E-state index contributed by atoms with van der Waals surface area (Å²) in [6.07, 6.45) is 1.53. The third kappa shape index (κ3) is 4.39. The van der Waals surface area contributed by atoms with Crippen molar-refractivity contribution >= 4 is 17.8 Å². The molecule has 1 aliphatic heterocycles. The molecule has 1 saturated heterocycles. The first-order chi connectivity index (χ1) is 8.00. The predicted molar refractivity (Wildman–Crippen MR) is 59.1 cm³/mol. The number of amides is 2. The van der Waals surface area contributed by atoms with Gasteiger partial charge in [-0.2, -0.15) is 0 Å². The molecule has 1 atom stereocenters. The molecule has 96 valence electrons. The molecule has 0 aromatic rings. The summed E-state index contributed by atoms with van der Waals surface area (Å²) < 4.78 is 0. The molecule has 0 aromatic carbocycles. The number of hydrogen-bond donors (Lipinski definition) is 3. The number of likely N-dealkylation sites (tertiary alicyclic amines) is 1. The van der Waals surface area contributed by atoms with Crippen LogP contribution in [0.4, 0.5) is 0 Å². The first kappa shape index (κ1) is 13.4. The number of carboxylic acids is 1. The largest absolute Gasteiger partial charge is 0.481 e. The van der Waals surface area contributed by atoms with Crippen LogP contribution in [0.3, 0.4) is 0 Å². The molecular formula is C10H17N3O4. The fraction of sp³-hybridized carbons (Fsp3) is 0.700. The Morgan fingerprint density at radius 1 is 1.29 bits per heavy atom. The fourth-order valence-electron chi connectivity index (χ4n) is 1.65. The monoisotopic (exact) mass is 243 g/mol. The summed E-state index contributed by atoms with van der Waals surface area (Å²) in [6, 6.07) is -1.11. The van der Waals surface area contributed by atoms with Gasteiger partial charge >= 0.3 is 5.97 Å². The second-order valence-corrected chi connectivity index (χ2v) is 4.01. The van der Waals surface area contributed by atoms with E-state index in [-0.39, 0.29) is 12.5 Å². The van der Waals surface area contributed by atoms with E-state index in [9.17, 15) is 14.4 Å². The molecule has 17 heavy (non-hydrogen) atoms. The van der Waals surface area contributed by atoms with E-state index < -0.39 is 24.3 Å². The first-order valence-electron chi connectivity index (χ1n) is 5.53. The summed E-state index contributed by atoms with van der Waals surface area (Å²) in [5, 5.41) is 10.8. The number of carboxylic acid groups (broad SMARTS) is 1. The smallest absolute Gasteiger partial charge is 0.305 e. The zero-order valence-electron chi connectivity index (χ0n) is 9.52. The van der Waals surface area contributed by atoms with Crippen LogP contribution < -0.4 is 11.1 Å². The van der Waals surface area contributed by atoms with Crippen molar-refractivity contribution < 1.29 is 19.5 Å². The normalized spacial score (nSPS) is 16.6. The number of nitrogens with one attached hydrogen (secondary N) is 1. The predicted octanol–water partition coefficient (Wildman–Crippen LogP) is -1.47. The third-order valence-electron chi connectivity index (χ3n) is 2.60. The van der Waals surface area contributed by atoms with Crippen LogP contribution in [0, 0.1) is 0 Å². The van der Waals surface area contributed by atoms with Crippen LogP contribution in [0.15, 0.2) is 0 Å². The highest BCUT2D eigenvalue weighted by molar-refractivity contribution is 5.89. The Hall–Kier alpha value is -1.63. The van der Waals surface area contributed by atoms with Crippen molar-refractivity contribution in [2.45, 2.75) is 25.3 Å². The van der Waals surface area contributed by atoms with Crippen LogP contribution in [0.5, 0.6) is 0 Å². The van der Waals surface area contributed by atoms with Crippen LogP contribution >= 0.6 is 0 Å². The molecule has 1 rings (SSSR count). The molecule has 0 spiro atoms. The molecule has 1 fully saturated rings. The zero-order chi connectivity index (χ0) is 12.8. The molecule has 0 aromatic heterocycles. The lowest BCUT2D eigenvalue weighted by molar-refractivity contribution is -0.139. The molecule has 0 saturated carbocycles. The Kier molecular flexibility index (Phi) is 4.89. The number of rotatable bonds is 5. The summed E-state index contributed by atoms with van der Waals surface area (Å²) in [4.78, 5) is 34.9. The van der Waals surface area contributed by atoms with Gasteiger partial charge in [0.25, 0.3) is 0 Å². The van der Waals surface area contributed by atoms with Gasteiger partial charge in [0.15, 0.2) is 0 Å². The molecular weight excluding hydrogens is 226 g/mol. The average molecular weight is 243 g/mol. The summed E-state index contributed by atoms with van der Waals surface area (Å²) in [5.41, 5.74) is 5.34. The van der Waals surface area contributed by atoms with Crippen molar-refractivity contribution in [2.24, 2.45) is 5.73 Å². The van der Waals surface area contributed by atoms with E-state index in [1.54, 1.807) is 4.90 Å². The summed E-state index contributed by atoms with van der Waals surface area (Å²) in [5.74, 6) is -1.91. The third-order valence-corrected chi connectivity index (χ3v) is 2.60. The van der Waals surface area contributed by atoms with Gasteiger partial charge in [0, 0.05) is 13.1 Å². The lowest BCUT2D eigenvalue weighted by Crippen LogP contribution is -2.46. The minimum Gasteiger partial charge on any atom is -0.481 e. The maximum Gasteiger partial charge on any atom is 0.305 e. The number of hydrogen-bond acceptors (Lipinski definition) is 4. The highest BCUT2D eigenvalue weighted by Crippen LogP contribution is 2.06. The van der Waals surface area contributed by atoms with E-state index in [2.05, 4.69) is 5.32 Å². The summed E-state index contributed by atoms with van der Waals surface area (Å²) in [7, 11) is 0. The highest BCUT2D eigenvalue weighted by Gasteiger charge is 2.21. The number of carbonyl (C=O) groups is 3. The van der Waals surface area contributed by atoms with Crippen LogP contribution in [-0.2, 0) is 14.4 Å². The zero-order valence-corrected chi connectivity index (χ0v) is 9.52. The van der Waals surface area contributed by atoms with Crippen molar-refractivity contribution in [3.05, 3.63) is 0 Å². The molecule has 0 bridgehead atoms. The van der Waals surface area contributed by atoms with Crippen LogP contribution in [0.2, 0.25) is 0 Å². The van der Waals surface area contributed by atoms with Crippen LogP contribution in [0.1, 0.15) is 19.3 Å². The van der Waals surface area contributed by atoms with Gasteiger partial charge in [0.2, 0.25) is 11.8 Å². The van der Waals surface area contributed by atoms with E-state index >= 15 is 0 Å².